The lowest BCUT2D eigenvalue weighted by atomic mass is 9.97. The first-order valence-corrected chi connectivity index (χ1v) is 19.7. The number of benzene rings is 8. The average Bonchev–Trinajstić information content (AvgIpc) is 3.94. The summed E-state index contributed by atoms with van der Waals surface area (Å²) < 4.78 is 11.5. The van der Waals surface area contributed by atoms with E-state index in [9.17, 15) is 0 Å². The number of nitrogens with zero attached hydrogens (tertiary/aromatic N) is 2. The van der Waals surface area contributed by atoms with Crippen molar-refractivity contribution in [1.29, 1.82) is 0 Å². The first-order chi connectivity index (χ1) is 26.7. The van der Waals surface area contributed by atoms with Crippen molar-refractivity contribution in [3.8, 4) is 33.7 Å². The van der Waals surface area contributed by atoms with E-state index in [4.69, 9.17) is 9.40 Å². The van der Waals surface area contributed by atoms with Crippen LogP contribution >= 0.6 is 22.7 Å². The Balaban J connectivity index is 1.08. The van der Waals surface area contributed by atoms with Crippen LogP contribution in [0.1, 0.15) is 0 Å². The van der Waals surface area contributed by atoms with Crippen molar-refractivity contribution in [2.45, 2.75) is 0 Å². The van der Waals surface area contributed by atoms with Crippen LogP contribution in [0, 0.1) is 0 Å². The molecule has 0 N–H and O–H groups in total. The third kappa shape index (κ3) is 5.12. The van der Waals surface area contributed by atoms with E-state index >= 15 is 0 Å². The fourth-order valence-electron chi connectivity index (χ4n) is 7.77. The molecule has 0 aliphatic heterocycles. The number of anilines is 3. The van der Waals surface area contributed by atoms with Crippen LogP contribution in [0.5, 0.6) is 0 Å². The molecule has 0 bridgehead atoms. The molecule has 0 fully saturated rings. The Morgan fingerprint density at radius 3 is 1.67 bits per heavy atom. The minimum absolute atomic E-state index is 0.632. The van der Waals surface area contributed by atoms with Crippen LogP contribution in [-0.4, -0.2) is 4.98 Å². The summed E-state index contributed by atoms with van der Waals surface area (Å²) in [6, 6.07) is 65.0. The van der Waals surface area contributed by atoms with Crippen molar-refractivity contribution in [2.75, 3.05) is 4.90 Å². The van der Waals surface area contributed by atoms with Gasteiger partial charge in [0.1, 0.15) is 5.52 Å². The van der Waals surface area contributed by atoms with Gasteiger partial charge in [-0.2, -0.15) is 0 Å². The summed E-state index contributed by atoms with van der Waals surface area (Å²) in [7, 11) is 0. The minimum Gasteiger partial charge on any atom is -0.436 e. The quantitative estimate of drug-likeness (QED) is 0.171. The van der Waals surface area contributed by atoms with Gasteiger partial charge >= 0.3 is 0 Å². The molecule has 54 heavy (non-hydrogen) atoms. The molecule has 0 saturated heterocycles. The fourth-order valence-corrected chi connectivity index (χ4v) is 10.0. The van der Waals surface area contributed by atoms with Gasteiger partial charge in [-0.3, -0.25) is 0 Å². The second kappa shape index (κ2) is 12.6. The van der Waals surface area contributed by atoms with Crippen LogP contribution in [0.25, 0.3) is 85.2 Å². The zero-order chi connectivity index (χ0) is 35.6. The molecule has 0 spiro atoms. The van der Waals surface area contributed by atoms with E-state index in [0.29, 0.717) is 5.89 Å². The average molecular weight is 727 g/mol. The molecule has 0 amide bonds. The maximum atomic E-state index is 6.48. The third-order valence-electron chi connectivity index (χ3n) is 10.3. The number of rotatable bonds is 6. The van der Waals surface area contributed by atoms with Gasteiger partial charge in [-0.15, -0.1) is 22.7 Å². The molecule has 0 aliphatic rings. The normalized spacial score (nSPS) is 11.7. The summed E-state index contributed by atoms with van der Waals surface area (Å²) in [5.74, 6) is 0.632. The molecule has 3 aromatic heterocycles. The van der Waals surface area contributed by atoms with Crippen LogP contribution in [0.3, 0.4) is 0 Å². The SMILES string of the molecule is c1ccc(-c2ccc(N(c3ccc(-c4c5nc(-c6ccccc6)oc5cc5sc6ccccc6c45)cc3)c3ccc4c(c3)sc3ccccc34)cc2)cc1. The standard InChI is InChI=1S/C49H30N2OS2/c1-3-11-31(12-4-1)32-19-23-35(24-20-32)51(37-27-28-39-38-15-7-9-17-42(38)53-44(39)29-37)36-25-21-33(22-26-36)46-47-40-16-8-10-18-43(40)54-45(47)30-41-48(46)50-49(52-41)34-13-5-2-6-14-34/h1-30H. The van der Waals surface area contributed by atoms with E-state index in [1.165, 1.54) is 51.5 Å². The van der Waals surface area contributed by atoms with Gasteiger partial charge in [-0.25, -0.2) is 4.98 Å². The number of aromatic nitrogens is 1. The Kier molecular flexibility index (Phi) is 7.22. The second-order valence-electron chi connectivity index (χ2n) is 13.5. The zero-order valence-electron chi connectivity index (χ0n) is 28.9. The van der Waals surface area contributed by atoms with Crippen molar-refractivity contribution in [1.82, 2.24) is 4.98 Å². The predicted molar refractivity (Wildman–Crippen MR) is 231 cm³/mol. The number of thiophene rings is 2. The molecule has 3 nitrogen and oxygen atoms in total. The molecule has 0 saturated carbocycles. The van der Waals surface area contributed by atoms with Gasteiger partial charge in [0.05, 0.1) is 0 Å². The fraction of sp³-hybridized carbons (Fsp3) is 0. The lowest BCUT2D eigenvalue weighted by Crippen LogP contribution is -2.09. The summed E-state index contributed by atoms with van der Waals surface area (Å²) >= 11 is 3.65. The van der Waals surface area contributed by atoms with Crippen molar-refractivity contribution in [3.63, 3.8) is 0 Å². The van der Waals surface area contributed by atoms with Gasteiger partial charge in [-0.1, -0.05) is 115 Å². The molecule has 0 unspecified atom stereocenters. The Morgan fingerprint density at radius 1 is 0.407 bits per heavy atom. The van der Waals surface area contributed by atoms with Crippen molar-refractivity contribution in [3.05, 3.63) is 182 Å². The van der Waals surface area contributed by atoms with Gasteiger partial charge in [0.15, 0.2) is 5.58 Å². The largest absolute Gasteiger partial charge is 0.436 e. The van der Waals surface area contributed by atoms with Crippen molar-refractivity contribution >= 4 is 91.2 Å². The summed E-state index contributed by atoms with van der Waals surface area (Å²) in [5.41, 5.74) is 10.5. The highest BCUT2D eigenvalue weighted by Crippen LogP contribution is 2.46. The first kappa shape index (κ1) is 31.0. The molecule has 8 aromatic carbocycles. The summed E-state index contributed by atoms with van der Waals surface area (Å²) in [6.07, 6.45) is 0. The van der Waals surface area contributed by atoms with Gasteiger partial charge in [0.2, 0.25) is 5.89 Å². The van der Waals surface area contributed by atoms with Crippen LogP contribution in [0.15, 0.2) is 186 Å². The van der Waals surface area contributed by atoms with Gasteiger partial charge in [-0.05, 0) is 77.4 Å². The molecule has 0 aliphatic carbocycles. The Bertz CT molecular complexity index is 3140. The smallest absolute Gasteiger partial charge is 0.227 e. The maximum absolute atomic E-state index is 6.48. The number of hydrogen-bond acceptors (Lipinski definition) is 5. The highest BCUT2D eigenvalue weighted by molar-refractivity contribution is 7.26. The summed E-state index contributed by atoms with van der Waals surface area (Å²) in [5, 5.41) is 5.04. The molecule has 11 rings (SSSR count). The van der Waals surface area contributed by atoms with E-state index in [0.717, 1.165) is 44.9 Å². The number of oxazole rings is 1. The number of fused-ring (bicyclic) bond motifs is 7. The lowest BCUT2D eigenvalue weighted by molar-refractivity contribution is 0.620. The Hall–Kier alpha value is -6.53. The highest BCUT2D eigenvalue weighted by Gasteiger charge is 2.21. The van der Waals surface area contributed by atoms with E-state index in [-0.39, 0.29) is 0 Å². The molecule has 5 heteroatoms. The van der Waals surface area contributed by atoms with Crippen molar-refractivity contribution < 1.29 is 4.42 Å². The number of hydrogen-bond donors (Lipinski definition) is 0. The van der Waals surface area contributed by atoms with Crippen LogP contribution < -0.4 is 4.90 Å². The molecular weight excluding hydrogens is 697 g/mol. The highest BCUT2D eigenvalue weighted by atomic mass is 32.1. The molecule has 0 radical (unpaired) electrons. The van der Waals surface area contributed by atoms with E-state index in [2.05, 4.69) is 157 Å². The van der Waals surface area contributed by atoms with Crippen LogP contribution in [0.2, 0.25) is 0 Å². The van der Waals surface area contributed by atoms with Crippen LogP contribution in [-0.2, 0) is 0 Å². The van der Waals surface area contributed by atoms with Gasteiger partial charge in [0, 0.05) is 74.6 Å². The second-order valence-corrected chi connectivity index (χ2v) is 15.7. The summed E-state index contributed by atoms with van der Waals surface area (Å²) in [6.45, 7) is 0. The predicted octanol–water partition coefficient (Wildman–Crippen LogP) is 15.0. The molecule has 3 heterocycles. The van der Waals surface area contributed by atoms with Gasteiger partial charge < -0.3 is 9.32 Å². The topological polar surface area (TPSA) is 29.3 Å². The Labute approximate surface area is 319 Å². The zero-order valence-corrected chi connectivity index (χ0v) is 30.6. The first-order valence-electron chi connectivity index (χ1n) is 18.0. The van der Waals surface area contributed by atoms with E-state index < -0.39 is 0 Å². The molecular formula is C49H30N2OS2. The molecule has 254 valence electrons. The maximum Gasteiger partial charge on any atom is 0.227 e. The Morgan fingerprint density at radius 2 is 0.944 bits per heavy atom. The van der Waals surface area contributed by atoms with Crippen molar-refractivity contribution in [2.24, 2.45) is 0 Å². The lowest BCUT2D eigenvalue weighted by Gasteiger charge is -2.26. The van der Waals surface area contributed by atoms with Gasteiger partial charge in [0.25, 0.3) is 0 Å². The van der Waals surface area contributed by atoms with E-state index in [1.54, 1.807) is 11.3 Å². The van der Waals surface area contributed by atoms with E-state index in [1.807, 2.05) is 41.7 Å². The monoisotopic (exact) mass is 726 g/mol. The minimum atomic E-state index is 0.632. The molecule has 0 atom stereocenters. The summed E-state index contributed by atoms with van der Waals surface area (Å²) in [4.78, 5) is 7.52. The third-order valence-corrected chi connectivity index (χ3v) is 12.6. The molecule has 11 aromatic rings. The van der Waals surface area contributed by atoms with Crippen LogP contribution in [0.4, 0.5) is 17.1 Å².